The molecule has 0 saturated carbocycles. The fourth-order valence-electron chi connectivity index (χ4n) is 2.77. The van der Waals surface area contributed by atoms with Gasteiger partial charge in [0.2, 0.25) is 0 Å². The number of para-hydroxylation sites is 3. The van der Waals surface area contributed by atoms with Crippen molar-refractivity contribution >= 4 is 41.0 Å². The molecule has 0 atom stereocenters. The molecule has 0 aliphatic carbocycles. The van der Waals surface area contributed by atoms with E-state index in [0.29, 0.717) is 31.0 Å². The van der Waals surface area contributed by atoms with E-state index < -0.39 is 6.61 Å². The van der Waals surface area contributed by atoms with Crippen LogP contribution in [0.15, 0.2) is 53.5 Å². The average Bonchev–Trinajstić information content (AvgIpc) is 3.09. The van der Waals surface area contributed by atoms with Gasteiger partial charge in [-0.15, -0.1) is 24.0 Å². The number of imidazole rings is 1. The molecule has 0 bridgehead atoms. The monoisotopic (exact) mass is 515 g/mol. The number of H-pyrrole nitrogens is 1. The highest BCUT2D eigenvalue weighted by Gasteiger charge is 2.09. The first-order valence-electron chi connectivity index (χ1n) is 9.14. The molecule has 2 aromatic carbocycles. The van der Waals surface area contributed by atoms with E-state index in [0.717, 1.165) is 16.9 Å². The van der Waals surface area contributed by atoms with Gasteiger partial charge in [0.25, 0.3) is 0 Å². The second-order valence-electron chi connectivity index (χ2n) is 6.06. The Morgan fingerprint density at radius 2 is 1.90 bits per heavy atom. The molecule has 0 radical (unpaired) electrons. The number of guanidine groups is 1. The SMILES string of the molecule is CCNC(=NCc1ccccc1OC(F)F)NCCc1nc2ccccc2[nH]1.I. The Hall–Kier alpha value is -2.43. The van der Waals surface area contributed by atoms with E-state index in [9.17, 15) is 8.78 Å². The predicted octanol–water partition coefficient (Wildman–Crippen LogP) is 4.08. The number of nitrogens with zero attached hydrogens (tertiary/aromatic N) is 2. The van der Waals surface area contributed by atoms with Gasteiger partial charge >= 0.3 is 6.61 Å². The lowest BCUT2D eigenvalue weighted by atomic mass is 10.2. The number of alkyl halides is 2. The van der Waals surface area contributed by atoms with E-state index in [4.69, 9.17) is 0 Å². The molecule has 0 saturated heterocycles. The standard InChI is InChI=1S/C20H23F2N5O.HI/c1-2-23-20(25-13-14-7-3-6-10-17(14)28-19(21)22)24-12-11-18-26-15-8-4-5-9-16(15)27-18;/h3-10,19H,2,11-13H2,1H3,(H,26,27)(H2,23,24,25);1H. The molecule has 0 spiro atoms. The van der Waals surface area contributed by atoms with Crippen LogP contribution in [0.1, 0.15) is 18.3 Å². The number of aromatic nitrogens is 2. The summed E-state index contributed by atoms with van der Waals surface area (Å²) in [5, 5.41) is 6.38. The van der Waals surface area contributed by atoms with Gasteiger partial charge in [0, 0.05) is 25.1 Å². The number of benzene rings is 2. The van der Waals surface area contributed by atoms with Crippen LogP contribution in [0.5, 0.6) is 5.75 Å². The second-order valence-corrected chi connectivity index (χ2v) is 6.06. The number of aromatic amines is 1. The van der Waals surface area contributed by atoms with Gasteiger partial charge in [-0.1, -0.05) is 30.3 Å². The average molecular weight is 515 g/mol. The zero-order valence-electron chi connectivity index (χ0n) is 16.0. The van der Waals surface area contributed by atoms with Crippen LogP contribution < -0.4 is 15.4 Å². The minimum Gasteiger partial charge on any atom is -0.434 e. The first-order chi connectivity index (χ1) is 13.7. The van der Waals surface area contributed by atoms with Crippen molar-refractivity contribution < 1.29 is 13.5 Å². The van der Waals surface area contributed by atoms with Crippen LogP contribution in [-0.2, 0) is 13.0 Å². The lowest BCUT2D eigenvalue weighted by Gasteiger charge is -2.12. The first kappa shape index (κ1) is 22.9. The third kappa shape index (κ3) is 6.84. The summed E-state index contributed by atoms with van der Waals surface area (Å²) in [7, 11) is 0. The largest absolute Gasteiger partial charge is 0.434 e. The van der Waals surface area contributed by atoms with Crippen molar-refractivity contribution in [1.82, 2.24) is 20.6 Å². The summed E-state index contributed by atoms with van der Waals surface area (Å²) in [5.74, 6) is 1.63. The van der Waals surface area contributed by atoms with E-state index >= 15 is 0 Å². The Morgan fingerprint density at radius 3 is 2.66 bits per heavy atom. The van der Waals surface area contributed by atoms with Crippen molar-refractivity contribution in [3.8, 4) is 5.75 Å². The molecule has 3 aromatic rings. The van der Waals surface area contributed by atoms with E-state index in [1.54, 1.807) is 18.2 Å². The minimum atomic E-state index is -2.86. The van der Waals surface area contributed by atoms with Crippen molar-refractivity contribution in [3.05, 3.63) is 59.9 Å². The van der Waals surface area contributed by atoms with Crippen LogP contribution in [0.2, 0.25) is 0 Å². The fraction of sp³-hybridized carbons (Fsp3) is 0.300. The molecule has 29 heavy (non-hydrogen) atoms. The van der Waals surface area contributed by atoms with Gasteiger partial charge in [-0.2, -0.15) is 8.78 Å². The molecule has 0 aliphatic heterocycles. The summed E-state index contributed by atoms with van der Waals surface area (Å²) in [4.78, 5) is 12.3. The molecule has 6 nitrogen and oxygen atoms in total. The van der Waals surface area contributed by atoms with Gasteiger partial charge in [0.05, 0.1) is 17.6 Å². The lowest BCUT2D eigenvalue weighted by molar-refractivity contribution is -0.0504. The Bertz CT molecular complexity index is 899. The Balaban J connectivity index is 0.00000300. The van der Waals surface area contributed by atoms with Crippen molar-refractivity contribution in [2.45, 2.75) is 26.5 Å². The number of ether oxygens (including phenoxy) is 1. The summed E-state index contributed by atoms with van der Waals surface area (Å²) in [6.07, 6.45) is 0.699. The van der Waals surface area contributed by atoms with Crippen LogP contribution in [0.4, 0.5) is 8.78 Å². The van der Waals surface area contributed by atoms with E-state index in [-0.39, 0.29) is 36.3 Å². The highest BCUT2D eigenvalue weighted by molar-refractivity contribution is 14.0. The minimum absolute atomic E-state index is 0. The maximum absolute atomic E-state index is 12.5. The number of halogens is 3. The van der Waals surface area contributed by atoms with Crippen LogP contribution in [-0.4, -0.2) is 35.6 Å². The molecule has 9 heteroatoms. The van der Waals surface area contributed by atoms with Gasteiger partial charge in [-0.3, -0.25) is 0 Å². The molecular weight excluding hydrogens is 491 g/mol. The van der Waals surface area contributed by atoms with Gasteiger partial charge in [-0.05, 0) is 25.1 Å². The molecule has 0 amide bonds. The molecule has 3 N–H and O–H groups in total. The molecule has 1 aromatic heterocycles. The van der Waals surface area contributed by atoms with E-state index in [1.807, 2.05) is 31.2 Å². The highest BCUT2D eigenvalue weighted by Crippen LogP contribution is 2.20. The summed E-state index contributed by atoms with van der Waals surface area (Å²) in [6.45, 7) is 0.639. The molecule has 0 aliphatic rings. The summed E-state index contributed by atoms with van der Waals surface area (Å²) < 4.78 is 29.6. The van der Waals surface area contributed by atoms with Crippen molar-refractivity contribution in [2.75, 3.05) is 13.1 Å². The Kier molecular flexibility index (Phi) is 9.10. The molecule has 0 unspecified atom stereocenters. The van der Waals surface area contributed by atoms with Crippen molar-refractivity contribution in [1.29, 1.82) is 0 Å². The first-order valence-corrected chi connectivity index (χ1v) is 9.14. The van der Waals surface area contributed by atoms with Crippen LogP contribution >= 0.6 is 24.0 Å². The molecule has 0 fully saturated rings. The van der Waals surface area contributed by atoms with Crippen LogP contribution in [0.25, 0.3) is 11.0 Å². The van der Waals surface area contributed by atoms with Gasteiger partial charge in [0.1, 0.15) is 11.6 Å². The molecule has 3 rings (SSSR count). The summed E-state index contributed by atoms with van der Waals surface area (Å²) in [6, 6.07) is 14.5. The van der Waals surface area contributed by atoms with Crippen LogP contribution in [0.3, 0.4) is 0 Å². The van der Waals surface area contributed by atoms with Crippen molar-refractivity contribution in [2.24, 2.45) is 4.99 Å². The molecular formula is C20H24F2IN5O. The third-order valence-corrected chi connectivity index (χ3v) is 4.03. The second kappa shape index (κ2) is 11.5. The fourth-order valence-corrected chi connectivity index (χ4v) is 2.77. The molecule has 156 valence electrons. The molecule has 1 heterocycles. The summed E-state index contributed by atoms with van der Waals surface area (Å²) in [5.41, 5.74) is 2.54. The summed E-state index contributed by atoms with van der Waals surface area (Å²) >= 11 is 0. The van der Waals surface area contributed by atoms with E-state index in [1.165, 1.54) is 6.07 Å². The Morgan fingerprint density at radius 1 is 1.14 bits per heavy atom. The predicted molar refractivity (Wildman–Crippen MR) is 121 cm³/mol. The number of aliphatic imine (C=N–C) groups is 1. The maximum atomic E-state index is 12.5. The number of fused-ring (bicyclic) bond motifs is 1. The number of hydrogen-bond acceptors (Lipinski definition) is 3. The van der Waals surface area contributed by atoms with Gasteiger partial charge < -0.3 is 20.4 Å². The third-order valence-electron chi connectivity index (χ3n) is 4.03. The van der Waals surface area contributed by atoms with Gasteiger partial charge in [0.15, 0.2) is 5.96 Å². The number of hydrogen-bond donors (Lipinski definition) is 3. The van der Waals surface area contributed by atoms with E-state index in [2.05, 4.69) is 30.3 Å². The quantitative estimate of drug-likeness (QED) is 0.240. The van der Waals surface area contributed by atoms with Crippen molar-refractivity contribution in [3.63, 3.8) is 0 Å². The zero-order valence-corrected chi connectivity index (χ0v) is 18.3. The topological polar surface area (TPSA) is 74.3 Å². The normalized spacial score (nSPS) is 11.4. The Labute approximate surface area is 185 Å². The lowest BCUT2D eigenvalue weighted by Crippen LogP contribution is -2.38. The highest BCUT2D eigenvalue weighted by atomic mass is 127. The number of nitrogens with one attached hydrogen (secondary N) is 3. The maximum Gasteiger partial charge on any atom is 0.387 e. The number of rotatable bonds is 8. The smallest absolute Gasteiger partial charge is 0.387 e. The van der Waals surface area contributed by atoms with Crippen LogP contribution in [0, 0.1) is 0 Å². The van der Waals surface area contributed by atoms with Gasteiger partial charge in [-0.25, -0.2) is 9.98 Å². The zero-order chi connectivity index (χ0) is 19.8.